The van der Waals surface area contributed by atoms with E-state index in [1.165, 1.54) is 18.2 Å². The van der Waals surface area contributed by atoms with Crippen molar-refractivity contribution in [3.8, 4) is 11.3 Å². The first-order chi connectivity index (χ1) is 14.5. The SMILES string of the molecule is CCOC(=O)N(CC)CC12CC3C4C(c5cc(-c6c(F)cccc6F)nnc51)C4C32. The standard InChI is InChI=1S/C23H23F2N3O2/c1-3-28(22(29)30-4-2)10-23-9-12-17-16(19(17)20(12)23)11-8-15(26-27-21(11)23)18-13(24)6-5-7-14(18)25/h5-8,12,16-17,19-20H,3-4,9-10H2,1-2H3. The molecule has 3 fully saturated rings. The molecule has 0 N–H and O–H groups in total. The van der Waals surface area contributed by atoms with Crippen LogP contribution >= 0.6 is 0 Å². The molecule has 1 aromatic carbocycles. The summed E-state index contributed by atoms with van der Waals surface area (Å²) in [6.45, 7) is 5.23. The van der Waals surface area contributed by atoms with Gasteiger partial charge in [0, 0.05) is 18.5 Å². The zero-order valence-corrected chi connectivity index (χ0v) is 16.9. The summed E-state index contributed by atoms with van der Waals surface area (Å²) in [4.78, 5) is 14.2. The van der Waals surface area contributed by atoms with Crippen molar-refractivity contribution in [1.82, 2.24) is 15.1 Å². The largest absolute Gasteiger partial charge is 0.450 e. The van der Waals surface area contributed by atoms with Crippen LogP contribution in [0.1, 0.15) is 37.4 Å². The molecule has 5 nitrogen and oxygen atoms in total. The van der Waals surface area contributed by atoms with E-state index in [0.29, 0.717) is 49.3 Å². The van der Waals surface area contributed by atoms with Gasteiger partial charge in [-0.25, -0.2) is 13.6 Å². The second kappa shape index (κ2) is 5.99. The van der Waals surface area contributed by atoms with Crippen molar-refractivity contribution < 1.29 is 18.3 Å². The minimum absolute atomic E-state index is 0.119. The summed E-state index contributed by atoms with van der Waals surface area (Å²) in [5.74, 6) is 1.64. The predicted octanol–water partition coefficient (Wildman–Crippen LogP) is 4.13. The average Bonchev–Trinajstić information content (AvgIpc) is 3.39. The molecule has 30 heavy (non-hydrogen) atoms. The molecule has 0 bridgehead atoms. The number of hydrogen-bond donors (Lipinski definition) is 0. The first-order valence-electron chi connectivity index (χ1n) is 10.8. The Morgan fingerprint density at radius 2 is 2.00 bits per heavy atom. The number of likely N-dealkylation sites (N-methyl/N-ethyl adjacent to an activating group) is 1. The van der Waals surface area contributed by atoms with Gasteiger partial charge >= 0.3 is 6.09 Å². The molecule has 0 aliphatic heterocycles. The lowest BCUT2D eigenvalue weighted by molar-refractivity contribution is -0.0866. The first kappa shape index (κ1) is 18.2. The minimum Gasteiger partial charge on any atom is -0.450 e. The average molecular weight is 411 g/mol. The highest BCUT2D eigenvalue weighted by atomic mass is 19.1. The van der Waals surface area contributed by atoms with Crippen molar-refractivity contribution in [1.29, 1.82) is 0 Å². The number of fused-ring (bicyclic) bond motifs is 5. The zero-order chi connectivity index (χ0) is 20.8. The zero-order valence-electron chi connectivity index (χ0n) is 16.9. The van der Waals surface area contributed by atoms with Gasteiger partial charge in [0.15, 0.2) is 0 Å². The summed E-state index contributed by atoms with van der Waals surface area (Å²) in [7, 11) is 0. The van der Waals surface area contributed by atoms with E-state index < -0.39 is 11.6 Å². The van der Waals surface area contributed by atoms with Crippen LogP contribution in [0.5, 0.6) is 0 Å². The van der Waals surface area contributed by atoms with Crippen LogP contribution in [0.2, 0.25) is 0 Å². The van der Waals surface area contributed by atoms with Gasteiger partial charge in [0.25, 0.3) is 0 Å². The third kappa shape index (κ3) is 2.08. The monoisotopic (exact) mass is 411 g/mol. The Morgan fingerprint density at radius 1 is 1.23 bits per heavy atom. The number of ether oxygens (including phenoxy) is 1. The number of carbonyl (C=O) groups excluding carboxylic acids is 1. The van der Waals surface area contributed by atoms with Gasteiger partial charge in [-0.05, 0) is 73.6 Å². The molecule has 0 spiro atoms. The number of halogens is 2. The molecular weight excluding hydrogens is 388 g/mol. The van der Waals surface area contributed by atoms with Crippen LogP contribution in [0, 0.1) is 35.3 Å². The van der Waals surface area contributed by atoms with Gasteiger partial charge in [-0.1, -0.05) is 6.07 Å². The Kier molecular flexibility index (Phi) is 3.64. The number of rotatable bonds is 5. The Morgan fingerprint density at radius 3 is 2.70 bits per heavy atom. The highest BCUT2D eigenvalue weighted by molar-refractivity contribution is 5.69. The molecule has 0 radical (unpaired) electrons. The summed E-state index contributed by atoms with van der Waals surface area (Å²) in [6, 6.07) is 5.69. The first-order valence-corrected chi connectivity index (χ1v) is 10.8. The van der Waals surface area contributed by atoms with Crippen LogP contribution < -0.4 is 0 Å². The van der Waals surface area contributed by atoms with Crippen LogP contribution in [0.15, 0.2) is 24.3 Å². The van der Waals surface area contributed by atoms with E-state index >= 15 is 0 Å². The normalized spacial score (nSPS) is 33.5. The number of amides is 1. The molecule has 3 saturated carbocycles. The van der Waals surface area contributed by atoms with Gasteiger partial charge in [-0.15, -0.1) is 0 Å². The number of nitrogens with zero attached hydrogens (tertiary/aromatic N) is 3. The fourth-order valence-corrected chi connectivity index (χ4v) is 6.88. The molecule has 6 unspecified atom stereocenters. The molecule has 4 aliphatic carbocycles. The van der Waals surface area contributed by atoms with Gasteiger partial charge in [-0.2, -0.15) is 10.2 Å². The third-order valence-electron chi connectivity index (χ3n) is 8.00. The van der Waals surface area contributed by atoms with Gasteiger partial charge in [0.1, 0.15) is 11.6 Å². The molecule has 4 aliphatic rings. The second-order valence-corrected chi connectivity index (χ2v) is 9.07. The number of carbonyl (C=O) groups is 1. The van der Waals surface area contributed by atoms with Crippen molar-refractivity contribution in [3.63, 3.8) is 0 Å². The lowest BCUT2D eigenvalue weighted by atomic mass is 9.43. The van der Waals surface area contributed by atoms with E-state index in [1.807, 2.05) is 13.0 Å². The van der Waals surface area contributed by atoms with Crippen molar-refractivity contribution >= 4 is 6.09 Å². The minimum atomic E-state index is -0.629. The number of benzene rings is 1. The van der Waals surface area contributed by atoms with Crippen LogP contribution in [0.25, 0.3) is 11.3 Å². The van der Waals surface area contributed by atoms with E-state index in [0.717, 1.165) is 17.7 Å². The van der Waals surface area contributed by atoms with Gasteiger partial charge < -0.3 is 9.64 Å². The van der Waals surface area contributed by atoms with Gasteiger partial charge in [0.05, 0.1) is 23.6 Å². The van der Waals surface area contributed by atoms with E-state index in [9.17, 15) is 13.6 Å². The maximum atomic E-state index is 14.3. The van der Waals surface area contributed by atoms with Gasteiger partial charge in [-0.3, -0.25) is 0 Å². The number of aromatic nitrogens is 2. The summed E-state index contributed by atoms with van der Waals surface area (Å²) < 4.78 is 33.9. The molecule has 6 rings (SSSR count). The van der Waals surface area contributed by atoms with Crippen LogP contribution in [0.4, 0.5) is 13.6 Å². The Labute approximate surface area is 173 Å². The van der Waals surface area contributed by atoms with E-state index in [4.69, 9.17) is 4.74 Å². The topological polar surface area (TPSA) is 55.3 Å². The fourth-order valence-electron chi connectivity index (χ4n) is 6.88. The van der Waals surface area contributed by atoms with Crippen LogP contribution in [-0.2, 0) is 10.2 Å². The van der Waals surface area contributed by atoms with E-state index in [-0.39, 0.29) is 22.8 Å². The van der Waals surface area contributed by atoms with E-state index in [2.05, 4.69) is 10.2 Å². The Hall–Kier alpha value is -2.57. The molecular formula is C23H23F2N3O2. The summed E-state index contributed by atoms with van der Waals surface area (Å²) in [5, 5.41) is 8.81. The molecule has 1 heterocycles. The van der Waals surface area contributed by atoms with Crippen molar-refractivity contribution in [2.45, 2.75) is 31.6 Å². The van der Waals surface area contributed by atoms with Crippen LogP contribution in [-0.4, -0.2) is 40.9 Å². The molecule has 6 atom stereocenters. The Bertz CT molecular complexity index is 1060. The maximum absolute atomic E-state index is 14.3. The third-order valence-corrected chi connectivity index (χ3v) is 8.00. The second-order valence-electron chi connectivity index (χ2n) is 9.07. The van der Waals surface area contributed by atoms with Crippen molar-refractivity contribution in [2.75, 3.05) is 19.7 Å². The molecule has 156 valence electrons. The quantitative estimate of drug-likeness (QED) is 0.742. The molecule has 1 amide bonds. The van der Waals surface area contributed by atoms with Crippen molar-refractivity contribution in [2.24, 2.45) is 23.7 Å². The maximum Gasteiger partial charge on any atom is 0.409 e. The molecule has 1 aromatic heterocycles. The number of hydrogen-bond acceptors (Lipinski definition) is 4. The summed E-state index contributed by atoms with van der Waals surface area (Å²) >= 11 is 0. The molecule has 2 aromatic rings. The molecule has 0 saturated heterocycles. The van der Waals surface area contributed by atoms with Crippen LogP contribution in [0.3, 0.4) is 0 Å². The van der Waals surface area contributed by atoms with Crippen molar-refractivity contribution in [3.05, 3.63) is 47.2 Å². The lowest BCUT2D eigenvalue weighted by Crippen LogP contribution is -2.64. The predicted molar refractivity (Wildman–Crippen MR) is 105 cm³/mol. The smallest absolute Gasteiger partial charge is 0.409 e. The van der Waals surface area contributed by atoms with Gasteiger partial charge in [0.2, 0.25) is 0 Å². The Balaban J connectivity index is 1.42. The molecule has 7 heteroatoms. The fraction of sp³-hybridized carbons (Fsp3) is 0.522. The highest BCUT2D eigenvalue weighted by Gasteiger charge is 2.83. The highest BCUT2D eigenvalue weighted by Crippen LogP contribution is 2.87. The lowest BCUT2D eigenvalue weighted by Gasteiger charge is -2.62. The summed E-state index contributed by atoms with van der Waals surface area (Å²) in [5.41, 5.74) is 1.92. The summed E-state index contributed by atoms with van der Waals surface area (Å²) in [6.07, 6.45) is 0.700. The van der Waals surface area contributed by atoms with E-state index in [1.54, 1.807) is 11.8 Å².